The highest BCUT2D eigenvalue weighted by Crippen LogP contribution is 2.59. The number of hydrogen-bond acceptors (Lipinski definition) is 9. The molecule has 4 saturated carbocycles. The number of hydrogen-bond donors (Lipinski definition) is 1. The van der Waals surface area contributed by atoms with Crippen LogP contribution in [0.1, 0.15) is 32.1 Å². The van der Waals surface area contributed by atoms with Crippen LogP contribution in [0.3, 0.4) is 0 Å². The van der Waals surface area contributed by atoms with E-state index in [1.165, 1.54) is 0 Å². The Labute approximate surface area is 199 Å². The summed E-state index contributed by atoms with van der Waals surface area (Å²) in [6, 6.07) is 0. The predicted molar refractivity (Wildman–Crippen MR) is 100 cm³/mol. The van der Waals surface area contributed by atoms with Crippen LogP contribution in [0.25, 0.3) is 0 Å². The standard InChI is InChI=1S/C19H20F6O10S/c20-17(21,7-34-12(26)6-33-15(29)19(24,25)36(30,31)32)18(22,23)8-35-14(28)16-3-9-1-10(4-16)13(27)11(2-9)5-16/h9-11H,1-8H2,(H,30,31,32). The van der Waals surface area contributed by atoms with Gasteiger partial charge in [0, 0.05) is 11.8 Å². The fourth-order valence-corrected chi connectivity index (χ4v) is 5.31. The lowest BCUT2D eigenvalue weighted by Crippen LogP contribution is -2.56. The van der Waals surface area contributed by atoms with E-state index in [4.69, 9.17) is 4.55 Å². The van der Waals surface area contributed by atoms with Crippen molar-refractivity contribution in [2.24, 2.45) is 23.2 Å². The molecule has 0 aromatic carbocycles. The van der Waals surface area contributed by atoms with Crippen LogP contribution < -0.4 is 0 Å². The Morgan fingerprint density at radius 1 is 0.889 bits per heavy atom. The summed E-state index contributed by atoms with van der Waals surface area (Å²) in [5.41, 5.74) is -1.21. The summed E-state index contributed by atoms with van der Waals surface area (Å²) in [6.07, 6.45) is 1.62. The highest BCUT2D eigenvalue weighted by molar-refractivity contribution is 7.87. The largest absolute Gasteiger partial charge is 0.465 e. The lowest BCUT2D eigenvalue weighted by Gasteiger charge is -2.54. The van der Waals surface area contributed by atoms with E-state index < -0.39 is 82.2 Å². The third kappa shape index (κ3) is 5.17. The van der Waals surface area contributed by atoms with E-state index in [1.54, 1.807) is 0 Å². The fourth-order valence-electron chi connectivity index (χ4n) is 5.04. The maximum absolute atomic E-state index is 14.1. The summed E-state index contributed by atoms with van der Waals surface area (Å²) in [5.74, 6) is -17.1. The Morgan fingerprint density at radius 2 is 1.39 bits per heavy atom. The van der Waals surface area contributed by atoms with Crippen LogP contribution in [-0.2, 0) is 43.5 Å². The number of carbonyl (C=O) groups is 4. The topological polar surface area (TPSA) is 150 Å². The smallest absolute Gasteiger partial charge is 0.459 e. The summed E-state index contributed by atoms with van der Waals surface area (Å²) in [4.78, 5) is 47.0. The molecule has 36 heavy (non-hydrogen) atoms. The molecule has 204 valence electrons. The molecule has 4 fully saturated rings. The highest BCUT2D eigenvalue weighted by Gasteiger charge is 2.62. The molecule has 2 atom stereocenters. The minimum atomic E-state index is -6.27. The first kappa shape index (κ1) is 28.1. The van der Waals surface area contributed by atoms with Crippen LogP contribution in [0.15, 0.2) is 0 Å². The van der Waals surface area contributed by atoms with Crippen molar-refractivity contribution >= 4 is 33.8 Å². The van der Waals surface area contributed by atoms with Gasteiger partial charge >= 0.3 is 45.1 Å². The van der Waals surface area contributed by atoms with E-state index in [2.05, 4.69) is 14.2 Å². The zero-order valence-corrected chi connectivity index (χ0v) is 19.0. The van der Waals surface area contributed by atoms with Crippen LogP contribution in [0.5, 0.6) is 0 Å². The van der Waals surface area contributed by atoms with Gasteiger partial charge in [-0.3, -0.25) is 14.1 Å². The molecule has 4 bridgehead atoms. The first-order valence-electron chi connectivity index (χ1n) is 10.5. The van der Waals surface area contributed by atoms with E-state index in [-0.39, 0.29) is 24.5 Å². The number of rotatable bonds is 10. The number of alkyl halides is 6. The van der Waals surface area contributed by atoms with E-state index >= 15 is 0 Å². The maximum Gasteiger partial charge on any atom is 0.465 e. The second-order valence-corrected chi connectivity index (χ2v) is 10.7. The summed E-state index contributed by atoms with van der Waals surface area (Å²) in [7, 11) is -6.27. The zero-order valence-electron chi connectivity index (χ0n) is 18.2. The Morgan fingerprint density at radius 3 is 1.89 bits per heavy atom. The van der Waals surface area contributed by atoms with Gasteiger partial charge in [0.25, 0.3) is 0 Å². The summed E-state index contributed by atoms with van der Waals surface area (Å²) in [6.45, 7) is -6.29. The molecule has 0 heterocycles. The summed E-state index contributed by atoms with van der Waals surface area (Å²) in [5, 5.41) is -5.49. The third-order valence-electron chi connectivity index (χ3n) is 6.64. The molecule has 4 aliphatic rings. The molecule has 4 rings (SSSR count). The molecule has 4 aliphatic carbocycles. The van der Waals surface area contributed by atoms with Gasteiger partial charge < -0.3 is 14.2 Å². The number of ketones is 1. The Kier molecular flexibility index (Phi) is 7.15. The Hall–Kier alpha value is -2.43. The first-order valence-corrected chi connectivity index (χ1v) is 11.9. The lowest BCUT2D eigenvalue weighted by molar-refractivity contribution is -0.251. The molecule has 2 unspecified atom stereocenters. The molecular weight excluding hydrogens is 534 g/mol. The first-order chi connectivity index (χ1) is 16.3. The van der Waals surface area contributed by atoms with Gasteiger partial charge in [0.2, 0.25) is 0 Å². The van der Waals surface area contributed by atoms with Crippen molar-refractivity contribution in [2.45, 2.75) is 49.2 Å². The number of halogens is 6. The van der Waals surface area contributed by atoms with Gasteiger partial charge in [-0.25, -0.2) is 9.59 Å². The molecule has 0 aromatic rings. The van der Waals surface area contributed by atoms with Gasteiger partial charge in [0.1, 0.15) is 5.78 Å². The average Bonchev–Trinajstić information content (AvgIpc) is 2.76. The van der Waals surface area contributed by atoms with Crippen molar-refractivity contribution in [1.82, 2.24) is 0 Å². The quantitative estimate of drug-likeness (QED) is 0.183. The molecule has 0 saturated heterocycles. The van der Waals surface area contributed by atoms with Crippen molar-refractivity contribution in [2.75, 3.05) is 19.8 Å². The predicted octanol–water partition coefficient (Wildman–Crippen LogP) is 1.76. The van der Waals surface area contributed by atoms with E-state index in [1.807, 2.05) is 0 Å². The maximum atomic E-state index is 14.1. The van der Waals surface area contributed by atoms with Gasteiger partial charge in [-0.05, 0) is 38.0 Å². The molecule has 0 radical (unpaired) electrons. The van der Waals surface area contributed by atoms with Gasteiger partial charge in [-0.2, -0.15) is 34.8 Å². The lowest BCUT2D eigenvalue weighted by atomic mass is 9.49. The van der Waals surface area contributed by atoms with E-state index in [9.17, 15) is 53.9 Å². The van der Waals surface area contributed by atoms with Crippen molar-refractivity contribution < 1.29 is 72.7 Å². The number of carbonyl (C=O) groups excluding carboxylic acids is 4. The van der Waals surface area contributed by atoms with Crippen LogP contribution in [-0.4, -0.2) is 73.6 Å². The van der Waals surface area contributed by atoms with E-state index in [0.29, 0.717) is 19.3 Å². The van der Waals surface area contributed by atoms with Crippen LogP contribution in [0.4, 0.5) is 26.3 Å². The van der Waals surface area contributed by atoms with Gasteiger partial charge in [0.15, 0.2) is 19.8 Å². The summed E-state index contributed by atoms with van der Waals surface area (Å²) >= 11 is 0. The van der Waals surface area contributed by atoms with Crippen molar-refractivity contribution in [1.29, 1.82) is 0 Å². The van der Waals surface area contributed by atoms with Gasteiger partial charge in [0.05, 0.1) is 5.41 Å². The van der Waals surface area contributed by atoms with Crippen molar-refractivity contribution in [3.63, 3.8) is 0 Å². The Balaban J connectivity index is 1.51. The van der Waals surface area contributed by atoms with Crippen molar-refractivity contribution in [3.8, 4) is 0 Å². The molecule has 0 spiro atoms. The molecule has 10 nitrogen and oxygen atoms in total. The van der Waals surface area contributed by atoms with E-state index in [0.717, 1.165) is 0 Å². The Bertz CT molecular complexity index is 1040. The fraction of sp³-hybridized carbons (Fsp3) is 0.789. The second-order valence-electron chi connectivity index (χ2n) is 9.24. The minimum absolute atomic E-state index is 0.000405. The number of ether oxygens (including phenoxy) is 3. The molecule has 17 heteroatoms. The number of esters is 3. The van der Waals surface area contributed by atoms with Crippen LogP contribution >= 0.6 is 0 Å². The van der Waals surface area contributed by atoms with Gasteiger partial charge in [-0.1, -0.05) is 0 Å². The number of Topliss-reactive ketones (excluding diaryl/α,β-unsaturated/α-hetero) is 1. The minimum Gasteiger partial charge on any atom is -0.459 e. The highest BCUT2D eigenvalue weighted by atomic mass is 32.2. The normalized spacial score (nSPS) is 28.1. The molecule has 0 aromatic heterocycles. The summed E-state index contributed by atoms with van der Waals surface area (Å²) < 4.78 is 123. The second kappa shape index (κ2) is 9.15. The van der Waals surface area contributed by atoms with Gasteiger partial charge in [-0.15, -0.1) is 0 Å². The van der Waals surface area contributed by atoms with Crippen molar-refractivity contribution in [3.05, 3.63) is 0 Å². The SMILES string of the molecule is O=C(COC(=O)C(F)(F)S(=O)(=O)O)OCC(F)(F)C(F)(F)COC(=O)C12CC3CC(C1)C(=O)C(C3)C2. The van der Waals surface area contributed by atoms with Crippen LogP contribution in [0, 0.1) is 23.2 Å². The molecule has 0 amide bonds. The zero-order chi connectivity index (χ0) is 27.3. The monoisotopic (exact) mass is 554 g/mol. The molecular formula is C19H20F6O10S. The molecule has 1 N–H and O–H groups in total. The molecule has 0 aliphatic heterocycles. The third-order valence-corrected chi connectivity index (χ3v) is 7.46. The van der Waals surface area contributed by atoms with Crippen LogP contribution in [0.2, 0.25) is 0 Å². The average molecular weight is 554 g/mol.